The van der Waals surface area contributed by atoms with E-state index in [1.165, 1.54) is 23.8 Å². The van der Waals surface area contributed by atoms with Gasteiger partial charge in [-0.1, -0.05) is 47.5 Å². The maximum atomic E-state index is 15.1. The summed E-state index contributed by atoms with van der Waals surface area (Å²) in [5.41, 5.74) is 1.60. The summed E-state index contributed by atoms with van der Waals surface area (Å²) in [6, 6.07) is 15.2. The lowest BCUT2D eigenvalue weighted by molar-refractivity contribution is -0.147. The van der Waals surface area contributed by atoms with E-state index in [9.17, 15) is 14.7 Å². The Morgan fingerprint density at radius 3 is 2.60 bits per heavy atom. The summed E-state index contributed by atoms with van der Waals surface area (Å²) in [7, 11) is 0. The first-order chi connectivity index (χ1) is 19.2. The number of hydrogen-bond donors (Lipinski definition) is 2. The third kappa shape index (κ3) is 5.36. The molecule has 210 valence electrons. The third-order valence-corrected chi connectivity index (χ3v) is 8.38. The maximum absolute atomic E-state index is 15.1. The van der Waals surface area contributed by atoms with Gasteiger partial charge >= 0.3 is 5.97 Å². The van der Waals surface area contributed by atoms with Crippen LogP contribution >= 0.6 is 23.2 Å². The number of ether oxygens (including phenoxy) is 2. The number of para-hydroxylation sites is 1. The number of rotatable bonds is 8. The van der Waals surface area contributed by atoms with Gasteiger partial charge in [0.1, 0.15) is 18.2 Å². The predicted octanol–water partition coefficient (Wildman–Crippen LogP) is 6.35. The van der Waals surface area contributed by atoms with Crippen LogP contribution in [0.15, 0.2) is 54.6 Å². The van der Waals surface area contributed by atoms with Crippen molar-refractivity contribution in [3.05, 3.63) is 87.2 Å². The zero-order valence-corrected chi connectivity index (χ0v) is 23.4. The molecule has 40 heavy (non-hydrogen) atoms. The van der Waals surface area contributed by atoms with Gasteiger partial charge in [0.05, 0.1) is 32.8 Å². The van der Waals surface area contributed by atoms with Crippen LogP contribution in [0, 0.1) is 5.82 Å². The Bertz CT molecular complexity index is 1440. The van der Waals surface area contributed by atoms with Gasteiger partial charge in [-0.2, -0.15) is 0 Å². The van der Waals surface area contributed by atoms with E-state index < -0.39 is 23.1 Å². The number of carbonyl (C=O) groups excluding carboxylic acids is 1. The van der Waals surface area contributed by atoms with Crippen LogP contribution in [0.4, 0.5) is 15.8 Å². The number of carboxylic acid groups (broad SMARTS) is 1. The lowest BCUT2D eigenvalue weighted by atomic mass is 9.74. The molecule has 2 N–H and O–H groups in total. The van der Waals surface area contributed by atoms with E-state index in [4.69, 9.17) is 32.7 Å². The Balaban J connectivity index is 1.31. The number of hydrogen-bond acceptors (Lipinski definition) is 5. The minimum absolute atomic E-state index is 0.0729. The Hall–Kier alpha value is -3.33. The molecule has 2 heterocycles. The number of amides is 1. The molecule has 3 aromatic carbocycles. The van der Waals surface area contributed by atoms with Crippen molar-refractivity contribution in [2.24, 2.45) is 0 Å². The fourth-order valence-corrected chi connectivity index (χ4v) is 5.94. The molecular weight excluding hydrogens is 558 g/mol. The second kappa shape index (κ2) is 11.6. The average Bonchev–Trinajstić information content (AvgIpc) is 3.32. The monoisotopic (exact) mass is 586 g/mol. The molecule has 2 aliphatic heterocycles. The topological polar surface area (TPSA) is 88.1 Å². The SMILES string of the molecule is CCN1c2ccccc2C[C@@H]1COc1cc(F)c(C(=O)Nc2cc(C3(C(=O)O)CCOCC3)ccc2Cl)cc1Cl. The minimum atomic E-state index is -1.16. The van der Waals surface area contributed by atoms with E-state index in [-0.39, 0.29) is 45.9 Å². The van der Waals surface area contributed by atoms with Crippen LogP contribution in [-0.2, 0) is 21.4 Å². The van der Waals surface area contributed by atoms with Crippen LogP contribution in [-0.4, -0.2) is 49.4 Å². The number of benzene rings is 3. The number of halogens is 3. The molecule has 7 nitrogen and oxygen atoms in total. The standard InChI is InChI=1S/C30H29Cl2FN2O5/c1-2-35-20(13-18-5-3-4-6-26(18)35)17-40-27-16-24(33)21(15-23(27)32)28(36)34-25-14-19(7-8-22(25)31)30(29(37)38)9-11-39-12-10-30/h3-8,14-16,20H,2,9-13,17H2,1H3,(H,34,36)(H,37,38)/t20-/m1/s1. The number of carbonyl (C=O) groups is 2. The summed E-state index contributed by atoms with van der Waals surface area (Å²) in [6.45, 7) is 3.78. The number of nitrogens with zero attached hydrogens (tertiary/aromatic N) is 1. The molecule has 0 radical (unpaired) electrons. The predicted molar refractivity (Wildman–Crippen MR) is 153 cm³/mol. The molecule has 0 bridgehead atoms. The molecule has 10 heteroatoms. The van der Waals surface area contributed by atoms with Crippen molar-refractivity contribution < 1.29 is 28.6 Å². The first kappa shape index (κ1) is 28.2. The molecule has 0 unspecified atom stereocenters. The van der Waals surface area contributed by atoms with Gasteiger partial charge in [0.15, 0.2) is 0 Å². The average molecular weight is 587 g/mol. The smallest absolute Gasteiger partial charge is 0.314 e. The summed E-state index contributed by atoms with van der Waals surface area (Å²) < 4.78 is 26.4. The fourth-order valence-electron chi connectivity index (χ4n) is 5.56. The van der Waals surface area contributed by atoms with Crippen molar-refractivity contribution in [1.29, 1.82) is 0 Å². The summed E-state index contributed by atoms with van der Waals surface area (Å²) in [4.78, 5) is 27.5. The zero-order chi connectivity index (χ0) is 28.4. The Morgan fingerprint density at radius 1 is 1.12 bits per heavy atom. The molecule has 1 saturated heterocycles. The van der Waals surface area contributed by atoms with E-state index in [2.05, 4.69) is 29.3 Å². The molecule has 3 aromatic rings. The highest BCUT2D eigenvalue weighted by molar-refractivity contribution is 6.34. The van der Waals surface area contributed by atoms with E-state index in [1.54, 1.807) is 6.07 Å². The molecule has 1 atom stereocenters. The van der Waals surface area contributed by atoms with Gasteiger partial charge in [-0.3, -0.25) is 9.59 Å². The molecule has 0 spiro atoms. The van der Waals surface area contributed by atoms with Gasteiger partial charge in [-0.15, -0.1) is 0 Å². The Morgan fingerprint density at radius 2 is 1.88 bits per heavy atom. The normalized spacial score (nSPS) is 17.8. The third-order valence-electron chi connectivity index (χ3n) is 7.76. The number of aliphatic carboxylic acids is 1. The summed E-state index contributed by atoms with van der Waals surface area (Å²) in [5, 5.41) is 12.9. The molecule has 1 amide bonds. The van der Waals surface area contributed by atoms with Crippen molar-refractivity contribution in [2.45, 2.75) is 37.6 Å². The zero-order valence-electron chi connectivity index (χ0n) is 21.9. The molecule has 2 aliphatic rings. The first-order valence-corrected chi connectivity index (χ1v) is 13.9. The maximum Gasteiger partial charge on any atom is 0.314 e. The van der Waals surface area contributed by atoms with Crippen LogP contribution in [0.1, 0.15) is 41.3 Å². The van der Waals surface area contributed by atoms with Gasteiger partial charge in [0.25, 0.3) is 5.91 Å². The minimum Gasteiger partial charge on any atom is -0.490 e. The highest BCUT2D eigenvalue weighted by Gasteiger charge is 2.42. The highest BCUT2D eigenvalue weighted by atomic mass is 35.5. The van der Waals surface area contributed by atoms with Crippen LogP contribution in [0.2, 0.25) is 10.0 Å². The van der Waals surface area contributed by atoms with Gasteiger partial charge in [0.2, 0.25) is 0 Å². The molecule has 0 saturated carbocycles. The summed E-state index contributed by atoms with van der Waals surface area (Å²) in [5.74, 6) is -2.42. The van der Waals surface area contributed by atoms with E-state index in [1.807, 2.05) is 12.1 Å². The van der Waals surface area contributed by atoms with Crippen LogP contribution < -0.4 is 15.0 Å². The quantitative estimate of drug-likeness (QED) is 0.320. The van der Waals surface area contributed by atoms with E-state index in [0.717, 1.165) is 24.7 Å². The van der Waals surface area contributed by atoms with Gasteiger partial charge < -0.3 is 24.8 Å². The largest absolute Gasteiger partial charge is 0.490 e. The van der Waals surface area contributed by atoms with Crippen molar-refractivity contribution >= 4 is 46.5 Å². The molecule has 1 fully saturated rings. The number of likely N-dealkylation sites (N-methyl/N-ethyl adjacent to an activating group) is 1. The molecule has 0 aromatic heterocycles. The van der Waals surface area contributed by atoms with E-state index >= 15 is 4.39 Å². The van der Waals surface area contributed by atoms with Crippen molar-refractivity contribution in [3.8, 4) is 5.75 Å². The molecule has 0 aliphatic carbocycles. The lowest BCUT2D eigenvalue weighted by Gasteiger charge is -2.34. The van der Waals surface area contributed by atoms with Crippen LogP contribution in [0.5, 0.6) is 5.75 Å². The van der Waals surface area contributed by atoms with Crippen molar-refractivity contribution in [2.75, 3.05) is 36.6 Å². The lowest BCUT2D eigenvalue weighted by Crippen LogP contribution is -2.41. The van der Waals surface area contributed by atoms with Crippen molar-refractivity contribution in [3.63, 3.8) is 0 Å². The Kier molecular flexibility index (Phi) is 8.21. The van der Waals surface area contributed by atoms with Gasteiger partial charge in [0, 0.05) is 31.5 Å². The second-order valence-corrected chi connectivity index (χ2v) is 10.8. The Labute approximate surface area is 241 Å². The number of nitrogens with one attached hydrogen (secondary N) is 1. The van der Waals surface area contributed by atoms with Crippen molar-refractivity contribution in [1.82, 2.24) is 0 Å². The molecular formula is C30H29Cl2FN2O5. The fraction of sp³-hybridized carbons (Fsp3) is 0.333. The van der Waals surface area contributed by atoms with Gasteiger partial charge in [-0.25, -0.2) is 4.39 Å². The first-order valence-electron chi connectivity index (χ1n) is 13.1. The number of anilines is 2. The van der Waals surface area contributed by atoms with Gasteiger partial charge in [-0.05, 0) is 61.6 Å². The second-order valence-electron chi connectivity index (χ2n) is 9.99. The highest BCUT2D eigenvalue weighted by Crippen LogP contribution is 2.39. The van der Waals surface area contributed by atoms with Crippen LogP contribution in [0.25, 0.3) is 0 Å². The molecule has 5 rings (SSSR count). The van der Waals surface area contributed by atoms with Crippen LogP contribution in [0.3, 0.4) is 0 Å². The number of carboxylic acids is 1. The number of fused-ring (bicyclic) bond motifs is 1. The van der Waals surface area contributed by atoms with E-state index in [0.29, 0.717) is 25.4 Å². The summed E-state index contributed by atoms with van der Waals surface area (Å²) in [6.07, 6.45) is 1.37. The summed E-state index contributed by atoms with van der Waals surface area (Å²) >= 11 is 12.7.